The van der Waals surface area contributed by atoms with Crippen LogP contribution < -0.4 is 5.32 Å². The first-order valence-electron chi connectivity index (χ1n) is 8.22. The molecule has 1 spiro atoms. The van der Waals surface area contributed by atoms with Crippen molar-refractivity contribution in [3.8, 4) is 0 Å². The molecule has 2 unspecified atom stereocenters. The number of hydrogen-bond acceptors (Lipinski definition) is 3. The van der Waals surface area contributed by atoms with E-state index in [1.807, 2.05) is 11.3 Å². The summed E-state index contributed by atoms with van der Waals surface area (Å²) in [4.78, 5) is 3.04. The summed E-state index contributed by atoms with van der Waals surface area (Å²) >= 11 is 2.00. The van der Waals surface area contributed by atoms with Gasteiger partial charge >= 0.3 is 0 Å². The highest BCUT2D eigenvalue weighted by atomic mass is 32.1. The molecule has 3 heteroatoms. The van der Waals surface area contributed by atoms with Crippen molar-refractivity contribution in [3.05, 3.63) is 21.9 Å². The van der Waals surface area contributed by atoms with Crippen molar-refractivity contribution < 1.29 is 4.74 Å². The summed E-state index contributed by atoms with van der Waals surface area (Å²) in [6.45, 7) is 6.47. The van der Waals surface area contributed by atoms with Crippen LogP contribution in [0, 0.1) is 5.92 Å². The Morgan fingerprint density at radius 2 is 2.25 bits per heavy atom. The lowest BCUT2D eigenvalue weighted by molar-refractivity contribution is -0.147. The number of thiophene rings is 1. The lowest BCUT2D eigenvalue weighted by Gasteiger charge is -2.48. The molecular formula is C17H27NOS. The predicted molar refractivity (Wildman–Crippen MR) is 85.4 cm³/mol. The Balaban J connectivity index is 1.75. The number of hydrogen-bond donors (Lipinski definition) is 1. The van der Waals surface area contributed by atoms with Gasteiger partial charge < -0.3 is 10.1 Å². The van der Waals surface area contributed by atoms with Crippen molar-refractivity contribution in [1.29, 1.82) is 0 Å². The normalized spacial score (nSPS) is 26.4. The first-order chi connectivity index (χ1) is 9.76. The third-order valence-corrected chi connectivity index (χ3v) is 6.34. The van der Waals surface area contributed by atoms with Crippen LogP contribution in [0.1, 0.15) is 61.7 Å². The maximum Gasteiger partial charge on any atom is 0.0686 e. The summed E-state index contributed by atoms with van der Waals surface area (Å²) in [5, 5.41) is 3.75. The molecule has 0 amide bonds. The second-order valence-electron chi connectivity index (χ2n) is 6.33. The van der Waals surface area contributed by atoms with Crippen molar-refractivity contribution in [1.82, 2.24) is 5.32 Å². The van der Waals surface area contributed by atoms with Crippen LogP contribution in [-0.2, 0) is 11.2 Å². The molecule has 2 atom stereocenters. The molecule has 1 saturated carbocycles. The fraction of sp³-hybridized carbons (Fsp3) is 0.765. The Bertz CT molecular complexity index is 438. The van der Waals surface area contributed by atoms with E-state index in [-0.39, 0.29) is 5.60 Å². The second kappa shape index (κ2) is 6.17. The Labute approximate surface area is 126 Å². The molecule has 0 bridgehead atoms. The zero-order valence-electron chi connectivity index (χ0n) is 12.8. The van der Waals surface area contributed by atoms with Crippen LogP contribution in [0.3, 0.4) is 0 Å². The maximum absolute atomic E-state index is 6.10. The van der Waals surface area contributed by atoms with E-state index in [2.05, 4.69) is 31.3 Å². The van der Waals surface area contributed by atoms with Gasteiger partial charge in [-0.1, -0.05) is 13.8 Å². The van der Waals surface area contributed by atoms with Gasteiger partial charge in [-0.2, -0.15) is 0 Å². The van der Waals surface area contributed by atoms with Gasteiger partial charge in [-0.15, -0.1) is 11.3 Å². The summed E-state index contributed by atoms with van der Waals surface area (Å²) < 4.78 is 6.10. The average Bonchev–Trinajstić information content (AvgIpc) is 2.92. The number of aryl methyl sites for hydroxylation is 1. The third kappa shape index (κ3) is 2.81. The van der Waals surface area contributed by atoms with Crippen LogP contribution in [0.5, 0.6) is 0 Å². The highest BCUT2D eigenvalue weighted by Gasteiger charge is 2.44. The monoisotopic (exact) mass is 293 g/mol. The van der Waals surface area contributed by atoms with Crippen LogP contribution in [0.4, 0.5) is 0 Å². The number of nitrogens with one attached hydrogen (secondary N) is 1. The zero-order chi connectivity index (χ0) is 14.0. The van der Waals surface area contributed by atoms with Gasteiger partial charge in [0.25, 0.3) is 0 Å². The Morgan fingerprint density at radius 1 is 1.40 bits per heavy atom. The SMILES string of the molecule is CCNC(c1ccc(CC)s1)C1CCOC2(CCC2)C1. The molecule has 1 aromatic heterocycles. The number of rotatable bonds is 5. The van der Waals surface area contributed by atoms with Crippen molar-refractivity contribution in [2.24, 2.45) is 5.92 Å². The molecule has 1 saturated heterocycles. The van der Waals surface area contributed by atoms with Gasteiger partial charge in [0.2, 0.25) is 0 Å². The lowest BCUT2D eigenvalue weighted by atomic mass is 9.70. The maximum atomic E-state index is 6.10. The highest BCUT2D eigenvalue weighted by Crippen LogP contribution is 2.47. The van der Waals surface area contributed by atoms with E-state index in [1.165, 1.54) is 41.9 Å². The highest BCUT2D eigenvalue weighted by molar-refractivity contribution is 7.12. The molecule has 3 rings (SSSR count). The van der Waals surface area contributed by atoms with E-state index in [9.17, 15) is 0 Å². The van der Waals surface area contributed by atoms with Gasteiger partial charge in [0.05, 0.1) is 5.60 Å². The Hall–Kier alpha value is -0.380. The summed E-state index contributed by atoms with van der Waals surface area (Å²) in [7, 11) is 0. The minimum atomic E-state index is 0.251. The van der Waals surface area contributed by atoms with Crippen LogP contribution >= 0.6 is 11.3 Å². The van der Waals surface area contributed by atoms with Crippen LogP contribution in [0.25, 0.3) is 0 Å². The topological polar surface area (TPSA) is 21.3 Å². The van der Waals surface area contributed by atoms with E-state index in [1.54, 1.807) is 0 Å². The van der Waals surface area contributed by atoms with Gasteiger partial charge in [-0.25, -0.2) is 0 Å². The minimum Gasteiger partial charge on any atom is -0.375 e. The largest absolute Gasteiger partial charge is 0.375 e. The smallest absolute Gasteiger partial charge is 0.0686 e. The van der Waals surface area contributed by atoms with Crippen molar-refractivity contribution in [3.63, 3.8) is 0 Å². The fourth-order valence-corrected chi connectivity index (χ4v) is 4.86. The fourth-order valence-electron chi connectivity index (χ4n) is 3.74. The molecular weight excluding hydrogens is 266 g/mol. The molecule has 1 N–H and O–H groups in total. The quantitative estimate of drug-likeness (QED) is 0.873. The van der Waals surface area contributed by atoms with Crippen molar-refractivity contribution in [2.75, 3.05) is 13.2 Å². The summed E-state index contributed by atoms with van der Waals surface area (Å²) in [5.74, 6) is 0.743. The standard InChI is InChI=1S/C17H27NOS/c1-3-14-6-7-15(20-14)16(18-4-2)13-8-11-19-17(12-13)9-5-10-17/h6-7,13,16,18H,3-5,8-12H2,1-2H3. The summed E-state index contributed by atoms with van der Waals surface area (Å²) in [5.41, 5.74) is 0.251. The van der Waals surface area contributed by atoms with E-state index in [4.69, 9.17) is 4.74 Å². The van der Waals surface area contributed by atoms with Gasteiger partial charge in [-0.05, 0) is 63.1 Å². The third-order valence-electron chi connectivity index (χ3n) is 5.03. The average molecular weight is 293 g/mol. The molecule has 112 valence electrons. The predicted octanol–water partition coefficient (Wildman–Crippen LogP) is 4.31. The van der Waals surface area contributed by atoms with Crippen LogP contribution in [0.15, 0.2) is 12.1 Å². The van der Waals surface area contributed by atoms with Crippen molar-refractivity contribution in [2.45, 2.75) is 64.0 Å². The van der Waals surface area contributed by atoms with E-state index >= 15 is 0 Å². The number of ether oxygens (including phenoxy) is 1. The first-order valence-corrected chi connectivity index (χ1v) is 9.04. The lowest BCUT2D eigenvalue weighted by Crippen LogP contribution is -2.47. The molecule has 2 fully saturated rings. The zero-order valence-corrected chi connectivity index (χ0v) is 13.6. The van der Waals surface area contributed by atoms with Gasteiger partial charge in [-0.3, -0.25) is 0 Å². The molecule has 2 nitrogen and oxygen atoms in total. The van der Waals surface area contributed by atoms with Crippen LogP contribution in [-0.4, -0.2) is 18.8 Å². The molecule has 0 aromatic carbocycles. The van der Waals surface area contributed by atoms with E-state index in [0.717, 1.165) is 25.5 Å². The molecule has 1 aliphatic heterocycles. The molecule has 2 heterocycles. The Morgan fingerprint density at radius 3 is 2.85 bits per heavy atom. The van der Waals surface area contributed by atoms with Crippen LogP contribution in [0.2, 0.25) is 0 Å². The molecule has 1 aliphatic carbocycles. The van der Waals surface area contributed by atoms with Crippen molar-refractivity contribution >= 4 is 11.3 Å². The Kier molecular flexibility index (Phi) is 4.49. The van der Waals surface area contributed by atoms with E-state index < -0.39 is 0 Å². The van der Waals surface area contributed by atoms with E-state index in [0.29, 0.717) is 6.04 Å². The second-order valence-corrected chi connectivity index (χ2v) is 7.53. The molecule has 2 aliphatic rings. The summed E-state index contributed by atoms with van der Waals surface area (Å²) in [6.07, 6.45) is 7.54. The minimum absolute atomic E-state index is 0.251. The molecule has 0 radical (unpaired) electrons. The summed E-state index contributed by atoms with van der Waals surface area (Å²) in [6, 6.07) is 5.19. The molecule has 1 aromatic rings. The van der Waals surface area contributed by atoms with Gasteiger partial charge in [0.1, 0.15) is 0 Å². The first kappa shape index (κ1) is 14.6. The van der Waals surface area contributed by atoms with Gasteiger partial charge in [0, 0.05) is 22.4 Å². The molecule has 20 heavy (non-hydrogen) atoms. The van der Waals surface area contributed by atoms with Gasteiger partial charge in [0.15, 0.2) is 0 Å².